The van der Waals surface area contributed by atoms with E-state index in [1.807, 2.05) is 149 Å². The summed E-state index contributed by atoms with van der Waals surface area (Å²) in [6, 6.07) is 31.6. The van der Waals surface area contributed by atoms with Gasteiger partial charge in [0.2, 0.25) is 0 Å². The fourth-order valence-corrected chi connectivity index (χ4v) is 21.0. The van der Waals surface area contributed by atoms with Crippen molar-refractivity contribution in [2.45, 2.75) is 376 Å². The molecule has 6 saturated carbocycles. The van der Waals surface area contributed by atoms with Gasteiger partial charge in [0.15, 0.2) is 11.6 Å². The van der Waals surface area contributed by atoms with Crippen LogP contribution in [0.1, 0.15) is 345 Å². The average molecular weight is 1990 g/mol. The van der Waals surface area contributed by atoms with Crippen LogP contribution in [0, 0.1) is 64.4 Å². The van der Waals surface area contributed by atoms with E-state index in [-0.39, 0.29) is 119 Å². The predicted octanol–water partition coefficient (Wildman–Crippen LogP) is 22.4. The molecule has 17 rings (SSSR count). The number of hydrogen-bond acceptors (Lipinski definition) is 15. The summed E-state index contributed by atoms with van der Waals surface area (Å²) in [5.41, 5.74) is 9.60. The maximum Gasteiger partial charge on any atom is 0.259 e. The molecule has 4 unspecified atom stereocenters. The highest BCUT2D eigenvalue weighted by Gasteiger charge is 2.47. The number of pyridine rings is 8. The van der Waals surface area contributed by atoms with Gasteiger partial charge in [-0.1, -0.05) is 154 Å². The van der Waals surface area contributed by atoms with Crippen LogP contribution in [0.25, 0.3) is 27.9 Å². The molecule has 6 aliphatic rings. The third kappa shape index (κ3) is 32.6. The molecular weight excluding hydrogens is 1830 g/mol. The number of hydrogen-bond donors (Lipinski definition) is 4. The highest BCUT2D eigenvalue weighted by molar-refractivity contribution is 5.82. The molecule has 6 aliphatic carbocycles. The van der Waals surface area contributed by atoms with Crippen LogP contribution in [0.2, 0.25) is 0 Å². The predicted molar refractivity (Wildman–Crippen MR) is 567 cm³/mol. The Bertz CT molecular complexity index is 6090. The van der Waals surface area contributed by atoms with Gasteiger partial charge in [0.1, 0.15) is 17.1 Å². The van der Waals surface area contributed by atoms with Crippen molar-refractivity contribution >= 4 is 22.1 Å². The monoisotopic (exact) mass is 1990 g/mol. The van der Waals surface area contributed by atoms with E-state index in [1.165, 1.54) is 62.3 Å². The molecule has 0 radical (unpaired) electrons. The van der Waals surface area contributed by atoms with E-state index in [9.17, 15) is 61.6 Å². The smallest absolute Gasteiger partial charge is 0.259 e. The molecule has 10 atom stereocenters. The first-order chi connectivity index (χ1) is 68.6. The van der Waals surface area contributed by atoms with Crippen molar-refractivity contribution in [3.05, 3.63) is 277 Å². The molecule has 28 heteroatoms. The van der Waals surface area contributed by atoms with Gasteiger partial charge >= 0.3 is 0 Å². The minimum absolute atomic E-state index is 0.0492. The molecule has 0 spiro atoms. The van der Waals surface area contributed by atoms with E-state index in [4.69, 9.17) is 15.1 Å². The van der Waals surface area contributed by atoms with Crippen molar-refractivity contribution in [1.29, 1.82) is 5.26 Å². The van der Waals surface area contributed by atoms with Gasteiger partial charge in [0.05, 0.1) is 48.9 Å². The number of aryl methyl sites for hydroxylation is 2. The Kier molecular flexibility index (Phi) is 44.2. The first-order valence-corrected chi connectivity index (χ1v) is 53.0. The molecule has 786 valence electrons. The van der Waals surface area contributed by atoms with Crippen molar-refractivity contribution in [2.75, 3.05) is 13.7 Å². The zero-order valence-corrected chi connectivity index (χ0v) is 88.7. The summed E-state index contributed by atoms with van der Waals surface area (Å²) in [4.78, 5) is 82.7. The summed E-state index contributed by atoms with van der Waals surface area (Å²) in [5, 5.41) is 53.3. The number of aliphatic hydroxyl groups is 4. The number of nitrogens with zero attached hydrogens (tertiary/aromatic N) is 13. The molecular formula is C116H163F4N13O11. The van der Waals surface area contributed by atoms with Gasteiger partial charge in [0, 0.05) is 176 Å². The van der Waals surface area contributed by atoms with Crippen molar-refractivity contribution in [3.8, 4) is 11.9 Å². The van der Waals surface area contributed by atoms with Gasteiger partial charge in [-0.25, -0.2) is 27.5 Å². The van der Waals surface area contributed by atoms with Crippen molar-refractivity contribution in [2.24, 2.45) is 48.5 Å². The molecule has 0 saturated heterocycles. The van der Waals surface area contributed by atoms with Crippen LogP contribution in [0.15, 0.2) is 188 Å². The molecule has 0 aromatic carbocycles. The highest BCUT2D eigenvalue weighted by atomic mass is 19.3. The Morgan fingerprint density at radius 3 is 1.19 bits per heavy atom. The number of ether oxygens (including phenoxy) is 1. The number of halogens is 4. The number of methoxy groups -OCH3 is 1. The van der Waals surface area contributed by atoms with Crippen molar-refractivity contribution in [3.63, 3.8) is 0 Å². The summed E-state index contributed by atoms with van der Waals surface area (Å²) < 4.78 is 73.9. The third-order valence-corrected chi connectivity index (χ3v) is 28.0. The quantitative estimate of drug-likeness (QED) is 0.0387. The molecule has 11 aromatic heterocycles. The van der Waals surface area contributed by atoms with E-state index in [1.54, 1.807) is 37.5 Å². The van der Waals surface area contributed by atoms with Gasteiger partial charge in [-0.05, 0) is 274 Å². The second-order valence-electron chi connectivity index (χ2n) is 43.8. The van der Waals surface area contributed by atoms with Crippen LogP contribution in [0.4, 0.5) is 17.6 Å². The fourth-order valence-electron chi connectivity index (χ4n) is 21.0. The lowest BCUT2D eigenvalue weighted by Gasteiger charge is -2.36. The van der Waals surface area contributed by atoms with Gasteiger partial charge in [-0.15, -0.1) is 0 Å². The highest BCUT2D eigenvalue weighted by Crippen LogP contribution is 2.45. The van der Waals surface area contributed by atoms with E-state index >= 15 is 0 Å². The summed E-state index contributed by atoms with van der Waals surface area (Å²) in [7, 11) is 3.45. The number of aromatic nitrogens is 12. The standard InChI is InChI=1S/2C16H22N2O.3C15H23NO2.C13H17F2NO.C13H16FN3O.C13H17FN2O/c1-11(2)13-10-18(14-7-4-8-15(14)19-3)16-12(13)6-5-9-17-16;1-12(2)9-14-6-4-8-18(16(14)19)15-7-3-5-13(10-15)11-17;3*1-11(2)9-12-5-4-8-16(15(12)18)13-6-3-7-14(17)10-13;1-9(2)6-10-4-3-5-16(12(10)17)11-7-13(14,15)8-11;1-9(2)7-10-5-4-6-17(13(10)18)12-11(14)8-16(3)15-12;1-9(2)12-8-16(4-3-5-17)13-11(12)6-10(14)7-15-13/h5-6,9-11,14-15H,4,7-8H2,1-3H3;4,6,8,12-13,15H,3,5,7,9-10H2,1-2H3;3*4-5,8,11,13-14,17H,3,6-7,9-10H2,1-2H3;3-5,9,11H,6-8H2,1-2H3;4-6,8-9H,7H2,1-3H3;6-9,17H,3-5H2,1-2H3/t;13-,15+;2*13-,14+;;;;/m.110..../s1. The Balaban J connectivity index is 0.000000169. The molecule has 11 aromatic rings. The van der Waals surface area contributed by atoms with Crippen LogP contribution in [0.5, 0.6) is 0 Å². The normalized spacial score (nSPS) is 20.4. The molecule has 24 nitrogen and oxygen atoms in total. The van der Waals surface area contributed by atoms with Gasteiger partial charge in [-0.3, -0.25) is 38.0 Å². The van der Waals surface area contributed by atoms with Crippen LogP contribution >= 0.6 is 0 Å². The molecule has 4 N–H and O–H groups in total. The van der Waals surface area contributed by atoms with Crippen LogP contribution < -0.4 is 33.4 Å². The number of alkyl halides is 2. The number of nitriles is 1. The number of fused-ring (bicyclic) bond motifs is 2. The Morgan fingerprint density at radius 2 is 0.826 bits per heavy atom. The zero-order valence-electron chi connectivity index (χ0n) is 88.7. The summed E-state index contributed by atoms with van der Waals surface area (Å²) in [6.45, 7) is 34.7. The molecule has 0 aliphatic heterocycles. The lowest BCUT2D eigenvalue weighted by molar-refractivity contribution is -0.105. The van der Waals surface area contributed by atoms with Gasteiger partial charge < -0.3 is 57.1 Å². The minimum Gasteiger partial charge on any atom is -0.396 e. The van der Waals surface area contributed by atoms with Crippen LogP contribution in [-0.4, -0.2) is 121 Å². The summed E-state index contributed by atoms with van der Waals surface area (Å²) >= 11 is 0. The fraction of sp³-hybridized carbons (Fsp3) is 0.586. The molecule has 0 bridgehead atoms. The van der Waals surface area contributed by atoms with E-state index < -0.39 is 11.7 Å². The Morgan fingerprint density at radius 1 is 0.444 bits per heavy atom. The lowest BCUT2D eigenvalue weighted by atomic mass is 9.86. The molecule has 0 amide bonds. The summed E-state index contributed by atoms with van der Waals surface area (Å²) in [6.07, 6.45) is 42.1. The van der Waals surface area contributed by atoms with E-state index in [0.717, 1.165) is 166 Å². The van der Waals surface area contributed by atoms with Gasteiger partial charge in [-0.2, -0.15) is 10.4 Å². The average Bonchev–Trinajstić information content (AvgIpc) is 1.61. The first kappa shape index (κ1) is 115. The third-order valence-electron chi connectivity index (χ3n) is 28.0. The van der Waals surface area contributed by atoms with Crippen molar-refractivity contribution in [1.82, 2.24) is 56.3 Å². The number of rotatable bonds is 25. The van der Waals surface area contributed by atoms with Crippen molar-refractivity contribution < 1.29 is 42.7 Å². The largest absolute Gasteiger partial charge is 0.396 e. The second kappa shape index (κ2) is 55.2. The SMILES string of the molecule is CC(C)Cc1cccn(-c2nn(C)cc2F)c1=O.CC(C)Cc1cccn(C2CC(F)(F)C2)c1=O.CC(C)Cc1cccn(C2CCCC(O)C2)c1=O.CC(C)Cc1cccn([C@@H]2CCC[C@H](O)C2)c1=O.CC(C)Cc1cccn([C@H]2CCC[C@@H](C#N)C2)c1=O.CC(C)Cc1cccn([C@H]2CCC[C@@H](O)C2)c1=O.CC(C)c1cn(CCCO)c2ncc(F)cc12.COC1CCCC1n1cc(C(C)C)c2cccnc21. The van der Waals surface area contributed by atoms with Crippen LogP contribution in [-0.2, 0) is 56.9 Å². The maximum atomic E-state index is 13.6. The first-order valence-electron chi connectivity index (χ1n) is 53.0. The summed E-state index contributed by atoms with van der Waals surface area (Å²) in [5.74, 6) is 0.352. The van der Waals surface area contributed by atoms with Gasteiger partial charge in [0.25, 0.3) is 39.3 Å². The Labute approximate surface area is 848 Å². The molecule has 144 heavy (non-hydrogen) atoms. The zero-order chi connectivity index (χ0) is 105. The van der Waals surface area contributed by atoms with E-state index in [2.05, 4.69) is 121 Å². The minimum atomic E-state index is -2.59. The maximum absolute atomic E-state index is 13.6. The molecule has 6 fully saturated rings. The second-order valence-corrected chi connectivity index (χ2v) is 43.8. The lowest BCUT2D eigenvalue weighted by Crippen LogP contribution is -2.41. The number of aliphatic hydroxyl groups excluding tert-OH is 4. The Hall–Kier alpha value is -10.7. The van der Waals surface area contributed by atoms with E-state index in [0.29, 0.717) is 110 Å². The molecule has 11 heterocycles. The topological polar surface area (TPSA) is 299 Å². The van der Waals surface area contributed by atoms with Crippen LogP contribution in [0.3, 0.4) is 0 Å².